The van der Waals surface area contributed by atoms with Gasteiger partial charge in [0, 0.05) is 31.7 Å². The van der Waals surface area contributed by atoms with Gasteiger partial charge in [-0.2, -0.15) is 0 Å². The van der Waals surface area contributed by atoms with Gasteiger partial charge < -0.3 is 4.74 Å². The highest BCUT2D eigenvalue weighted by atomic mass is 17.2. The quantitative estimate of drug-likeness (QED) is 0.300. The third-order valence-corrected chi connectivity index (χ3v) is 7.01. The Kier molecular flexibility index (Phi) is 4.83. The molecule has 4 rings (SSSR count). The summed E-state index contributed by atoms with van der Waals surface area (Å²) in [4.78, 5) is 36.9. The van der Waals surface area contributed by atoms with Crippen molar-refractivity contribution < 1.29 is 24.1 Å². The highest BCUT2D eigenvalue weighted by Crippen LogP contribution is 2.63. The van der Waals surface area contributed by atoms with Crippen molar-refractivity contribution in [2.75, 3.05) is 13.7 Å². The number of hydrogen-bond donors (Lipinski definition) is 0. The van der Waals surface area contributed by atoms with Crippen LogP contribution in [0.2, 0.25) is 0 Å². The van der Waals surface area contributed by atoms with Crippen molar-refractivity contribution >= 4 is 11.8 Å². The Morgan fingerprint density at radius 1 is 1.31 bits per heavy atom. The predicted octanol–water partition coefficient (Wildman–Crippen LogP) is 3.22. The molecule has 146 valence electrons. The molecule has 4 unspecified atom stereocenters. The third kappa shape index (κ3) is 3.12. The number of carbonyl (C=O) groups excluding carboxylic acids is 2. The van der Waals surface area contributed by atoms with E-state index in [1.165, 1.54) is 17.4 Å². The van der Waals surface area contributed by atoms with Crippen molar-refractivity contribution in [2.24, 2.45) is 17.3 Å². The number of fused-ring (bicyclic) bond motifs is 2. The molecule has 1 heterocycles. The van der Waals surface area contributed by atoms with Gasteiger partial charge in [-0.3, -0.25) is 14.5 Å². The normalized spacial score (nSPS) is 35.2. The summed E-state index contributed by atoms with van der Waals surface area (Å²) in [7, 11) is 1.55. The summed E-state index contributed by atoms with van der Waals surface area (Å²) in [5.74, 6) is -0.321. The van der Waals surface area contributed by atoms with Gasteiger partial charge in [-0.15, -0.1) is 0 Å². The average Bonchev–Trinajstić information content (AvgIpc) is 2.83. The second kappa shape index (κ2) is 6.43. The molecule has 6 nitrogen and oxygen atoms in total. The summed E-state index contributed by atoms with van der Waals surface area (Å²) >= 11 is 0. The molecule has 0 aromatic rings. The number of hydrogen-bond acceptors (Lipinski definition) is 5. The smallest absolute Gasteiger partial charge is 0.256 e. The van der Waals surface area contributed by atoms with Crippen LogP contribution in [0.4, 0.5) is 0 Å². The summed E-state index contributed by atoms with van der Waals surface area (Å²) < 4.78 is 5.52. The molecule has 3 fully saturated rings. The maximum absolute atomic E-state index is 12.0. The first-order valence-electron chi connectivity index (χ1n) is 9.48. The van der Waals surface area contributed by atoms with Crippen LogP contribution in [0.5, 0.6) is 0 Å². The van der Waals surface area contributed by atoms with Gasteiger partial charge in [-0.1, -0.05) is 13.8 Å². The molecule has 1 aliphatic heterocycles. The molecule has 0 aromatic heterocycles. The zero-order valence-electron chi connectivity index (χ0n) is 16.8. The number of imide groups is 1. The lowest BCUT2D eigenvalue weighted by molar-refractivity contribution is -0.478. The van der Waals surface area contributed by atoms with Crippen molar-refractivity contribution in [2.45, 2.75) is 71.7 Å². The lowest BCUT2D eigenvalue weighted by atomic mass is 9.44. The van der Waals surface area contributed by atoms with E-state index in [1.807, 2.05) is 0 Å². The molecule has 2 bridgehead atoms. The fourth-order valence-electron chi connectivity index (χ4n) is 4.80. The summed E-state index contributed by atoms with van der Waals surface area (Å²) in [5, 5.41) is 0. The number of nitrogens with zero attached hydrogens (tertiary/aromatic N) is 1. The minimum absolute atomic E-state index is 0.229. The van der Waals surface area contributed by atoms with Crippen LogP contribution in [-0.4, -0.2) is 41.8 Å². The second-order valence-electron chi connectivity index (χ2n) is 9.03. The SMILES string of the molecule is COC(C)(CCN1C(=O)C=C(C)C1=O)OOC1(C)CCC2CC1C2(C)C. The molecule has 0 N–H and O–H groups in total. The minimum Gasteiger partial charge on any atom is -0.351 e. The van der Waals surface area contributed by atoms with E-state index < -0.39 is 5.79 Å². The largest absolute Gasteiger partial charge is 0.351 e. The van der Waals surface area contributed by atoms with E-state index in [9.17, 15) is 9.59 Å². The van der Waals surface area contributed by atoms with Gasteiger partial charge in [0.1, 0.15) is 5.60 Å². The molecule has 6 heteroatoms. The van der Waals surface area contributed by atoms with Crippen molar-refractivity contribution in [1.82, 2.24) is 4.90 Å². The predicted molar refractivity (Wildman–Crippen MR) is 95.7 cm³/mol. The van der Waals surface area contributed by atoms with E-state index in [1.54, 1.807) is 21.0 Å². The highest BCUT2D eigenvalue weighted by molar-refractivity contribution is 6.15. The second-order valence-corrected chi connectivity index (χ2v) is 9.03. The molecule has 0 radical (unpaired) electrons. The summed E-state index contributed by atoms with van der Waals surface area (Å²) in [6.07, 6.45) is 5.00. The molecule has 4 aliphatic rings. The topological polar surface area (TPSA) is 65.1 Å². The summed E-state index contributed by atoms with van der Waals surface area (Å²) in [6, 6.07) is 0. The molecule has 3 saturated carbocycles. The molecular weight excluding hydrogens is 334 g/mol. The van der Waals surface area contributed by atoms with Crippen LogP contribution in [0.3, 0.4) is 0 Å². The Labute approximate surface area is 155 Å². The van der Waals surface area contributed by atoms with Crippen LogP contribution in [0.15, 0.2) is 11.6 Å². The summed E-state index contributed by atoms with van der Waals surface area (Å²) in [6.45, 7) is 10.4. The van der Waals surface area contributed by atoms with Crippen LogP contribution in [0.1, 0.15) is 60.3 Å². The molecule has 26 heavy (non-hydrogen) atoms. The van der Waals surface area contributed by atoms with Crippen LogP contribution in [0.25, 0.3) is 0 Å². The Bertz CT molecular complexity index is 640. The van der Waals surface area contributed by atoms with E-state index in [2.05, 4.69) is 20.8 Å². The molecule has 0 spiro atoms. The van der Waals surface area contributed by atoms with Gasteiger partial charge >= 0.3 is 0 Å². The number of carbonyl (C=O) groups is 2. The first kappa shape index (κ1) is 19.5. The summed E-state index contributed by atoms with van der Waals surface area (Å²) in [5.41, 5.74) is 0.398. The number of rotatable bonds is 7. The lowest BCUT2D eigenvalue weighted by Gasteiger charge is -2.63. The van der Waals surface area contributed by atoms with Gasteiger partial charge in [-0.25, -0.2) is 9.78 Å². The zero-order valence-corrected chi connectivity index (χ0v) is 16.8. The molecular formula is C20H31NO5. The fraction of sp³-hybridized carbons (Fsp3) is 0.800. The first-order valence-corrected chi connectivity index (χ1v) is 9.48. The van der Waals surface area contributed by atoms with E-state index in [-0.39, 0.29) is 29.4 Å². The van der Waals surface area contributed by atoms with E-state index >= 15 is 0 Å². The standard InChI is InChI=1S/C20H31NO5/c1-13-11-16(22)21(17(13)23)10-9-20(5,24-6)26-25-19(4)8-7-14-12-15(19)18(14,2)3/h11,14-15H,7-10,12H2,1-6H3. The Balaban J connectivity index is 1.58. The van der Waals surface area contributed by atoms with Crippen molar-refractivity contribution in [1.29, 1.82) is 0 Å². The molecule has 0 aromatic carbocycles. The molecule has 2 amide bonds. The molecule has 3 aliphatic carbocycles. The van der Waals surface area contributed by atoms with Gasteiger partial charge in [0.15, 0.2) is 5.79 Å². The van der Waals surface area contributed by atoms with Gasteiger partial charge in [0.2, 0.25) is 0 Å². The maximum atomic E-state index is 12.0. The van der Waals surface area contributed by atoms with E-state index in [0.717, 1.165) is 18.8 Å². The highest BCUT2D eigenvalue weighted by Gasteiger charge is 2.61. The third-order valence-electron chi connectivity index (χ3n) is 7.01. The number of methoxy groups -OCH3 is 1. The fourth-order valence-corrected chi connectivity index (χ4v) is 4.80. The average molecular weight is 365 g/mol. The van der Waals surface area contributed by atoms with Crippen molar-refractivity contribution in [3.63, 3.8) is 0 Å². The van der Waals surface area contributed by atoms with Gasteiger partial charge in [-0.05, 0) is 57.3 Å². The van der Waals surface area contributed by atoms with E-state index in [0.29, 0.717) is 17.9 Å². The van der Waals surface area contributed by atoms with Crippen LogP contribution in [-0.2, 0) is 24.1 Å². The molecule has 4 atom stereocenters. The van der Waals surface area contributed by atoms with Crippen LogP contribution < -0.4 is 0 Å². The lowest BCUT2D eigenvalue weighted by Crippen LogP contribution is -2.61. The van der Waals surface area contributed by atoms with Gasteiger partial charge in [0.05, 0.1) is 0 Å². The number of ether oxygens (including phenoxy) is 1. The number of amides is 2. The Morgan fingerprint density at radius 3 is 2.50 bits per heavy atom. The molecule has 0 saturated heterocycles. The Morgan fingerprint density at radius 2 is 2.00 bits per heavy atom. The van der Waals surface area contributed by atoms with E-state index in [4.69, 9.17) is 14.5 Å². The maximum Gasteiger partial charge on any atom is 0.256 e. The van der Waals surface area contributed by atoms with Crippen LogP contribution in [0, 0.1) is 17.3 Å². The zero-order chi connectivity index (χ0) is 19.3. The van der Waals surface area contributed by atoms with Crippen molar-refractivity contribution in [3.8, 4) is 0 Å². The van der Waals surface area contributed by atoms with Crippen molar-refractivity contribution in [3.05, 3.63) is 11.6 Å². The monoisotopic (exact) mass is 365 g/mol. The van der Waals surface area contributed by atoms with Crippen LogP contribution >= 0.6 is 0 Å². The first-order chi connectivity index (χ1) is 12.0. The Hall–Kier alpha value is -1.24. The minimum atomic E-state index is -1.02. The van der Waals surface area contributed by atoms with Gasteiger partial charge in [0.25, 0.3) is 11.8 Å².